The van der Waals surface area contributed by atoms with Crippen molar-refractivity contribution in [1.29, 1.82) is 0 Å². The molecule has 2 N–H and O–H groups in total. The third-order valence-electron chi connectivity index (χ3n) is 2.61. The molecule has 0 saturated carbocycles. The predicted octanol–water partition coefficient (Wildman–Crippen LogP) is 4.85. The number of hydrogen-bond acceptors (Lipinski definition) is 2. The maximum Gasteiger partial charge on any atom is 0.337 e. The molecule has 0 amide bonds. The third-order valence-corrected chi connectivity index (χ3v) is 3.50. The van der Waals surface area contributed by atoms with Crippen LogP contribution in [0.2, 0.25) is 5.02 Å². The summed E-state index contributed by atoms with van der Waals surface area (Å²) in [6.45, 7) is 1.91. The number of carbonyl (C=O) groups is 1. The lowest BCUT2D eigenvalue weighted by Gasteiger charge is -2.12. The van der Waals surface area contributed by atoms with Gasteiger partial charge in [0.2, 0.25) is 0 Å². The molecule has 2 aromatic carbocycles. The molecule has 2 aromatic rings. The van der Waals surface area contributed by atoms with Gasteiger partial charge in [-0.05, 0) is 58.7 Å². The quantitative estimate of drug-likeness (QED) is 0.839. The SMILES string of the molecule is Cc1ccc(C(=O)O)c(Nc2ccc(Cl)cc2Br)c1. The Labute approximate surface area is 124 Å². The van der Waals surface area contributed by atoms with E-state index in [9.17, 15) is 9.90 Å². The number of carboxylic acids is 1. The summed E-state index contributed by atoms with van der Waals surface area (Å²) in [6.07, 6.45) is 0. The predicted molar refractivity (Wildman–Crippen MR) is 80.6 cm³/mol. The Morgan fingerprint density at radius 1 is 1.21 bits per heavy atom. The van der Waals surface area contributed by atoms with Crippen LogP contribution >= 0.6 is 27.5 Å². The highest BCUT2D eigenvalue weighted by Crippen LogP contribution is 2.30. The summed E-state index contributed by atoms with van der Waals surface area (Å²) in [7, 11) is 0. The molecular formula is C14H11BrClNO2. The molecule has 0 saturated heterocycles. The van der Waals surface area contributed by atoms with Gasteiger partial charge in [-0.1, -0.05) is 17.7 Å². The van der Waals surface area contributed by atoms with Crippen molar-refractivity contribution in [1.82, 2.24) is 0 Å². The highest BCUT2D eigenvalue weighted by molar-refractivity contribution is 9.10. The summed E-state index contributed by atoms with van der Waals surface area (Å²) in [5, 5.41) is 12.9. The molecule has 3 nitrogen and oxygen atoms in total. The van der Waals surface area contributed by atoms with Gasteiger partial charge < -0.3 is 10.4 Å². The van der Waals surface area contributed by atoms with Gasteiger partial charge in [-0.3, -0.25) is 0 Å². The first kappa shape index (κ1) is 13.9. The number of anilines is 2. The molecule has 19 heavy (non-hydrogen) atoms. The van der Waals surface area contributed by atoms with Crippen molar-refractivity contribution in [2.24, 2.45) is 0 Å². The molecule has 0 atom stereocenters. The van der Waals surface area contributed by atoms with Gasteiger partial charge in [0.15, 0.2) is 0 Å². The lowest BCUT2D eigenvalue weighted by atomic mass is 10.1. The number of aromatic carboxylic acids is 1. The second kappa shape index (κ2) is 5.63. The number of rotatable bonds is 3. The van der Waals surface area contributed by atoms with E-state index < -0.39 is 5.97 Å². The fraction of sp³-hybridized carbons (Fsp3) is 0.0714. The minimum atomic E-state index is -0.965. The zero-order valence-corrected chi connectivity index (χ0v) is 12.4. The molecule has 0 aliphatic heterocycles. The van der Waals surface area contributed by atoms with Crippen LogP contribution in [0.25, 0.3) is 0 Å². The smallest absolute Gasteiger partial charge is 0.337 e. The topological polar surface area (TPSA) is 49.3 Å². The number of aryl methyl sites for hydroxylation is 1. The zero-order valence-electron chi connectivity index (χ0n) is 10.1. The Morgan fingerprint density at radius 3 is 2.58 bits per heavy atom. The normalized spacial score (nSPS) is 10.3. The van der Waals surface area contributed by atoms with E-state index in [0.717, 1.165) is 15.7 Å². The Bertz CT molecular complexity index is 643. The van der Waals surface area contributed by atoms with Crippen LogP contribution in [-0.4, -0.2) is 11.1 Å². The fourth-order valence-corrected chi connectivity index (χ4v) is 2.47. The average molecular weight is 341 g/mol. The van der Waals surface area contributed by atoms with E-state index in [0.29, 0.717) is 10.7 Å². The number of carboxylic acid groups (broad SMARTS) is 1. The van der Waals surface area contributed by atoms with Gasteiger partial charge in [0, 0.05) is 9.50 Å². The second-order valence-electron chi connectivity index (χ2n) is 4.10. The van der Waals surface area contributed by atoms with Gasteiger partial charge in [0.1, 0.15) is 0 Å². The van der Waals surface area contributed by atoms with Gasteiger partial charge in [-0.15, -0.1) is 0 Å². The van der Waals surface area contributed by atoms with Crippen molar-refractivity contribution < 1.29 is 9.90 Å². The van der Waals surface area contributed by atoms with Crippen molar-refractivity contribution in [2.45, 2.75) is 6.92 Å². The van der Waals surface area contributed by atoms with Crippen molar-refractivity contribution in [2.75, 3.05) is 5.32 Å². The van der Waals surface area contributed by atoms with Gasteiger partial charge in [0.05, 0.1) is 16.9 Å². The Kier molecular flexibility index (Phi) is 4.12. The molecule has 0 radical (unpaired) electrons. The summed E-state index contributed by atoms with van der Waals surface area (Å²) < 4.78 is 0.776. The van der Waals surface area contributed by atoms with E-state index in [-0.39, 0.29) is 5.56 Å². The van der Waals surface area contributed by atoms with Crippen LogP contribution in [0, 0.1) is 6.92 Å². The first-order chi connectivity index (χ1) is 8.97. The van der Waals surface area contributed by atoms with E-state index in [4.69, 9.17) is 11.6 Å². The lowest BCUT2D eigenvalue weighted by Crippen LogP contribution is -2.03. The lowest BCUT2D eigenvalue weighted by molar-refractivity contribution is 0.0698. The van der Waals surface area contributed by atoms with E-state index in [1.54, 1.807) is 36.4 Å². The molecule has 0 aromatic heterocycles. The Hall–Kier alpha value is -1.52. The van der Waals surface area contributed by atoms with Gasteiger partial charge in [0.25, 0.3) is 0 Å². The van der Waals surface area contributed by atoms with Gasteiger partial charge in [-0.25, -0.2) is 4.79 Å². The van der Waals surface area contributed by atoms with Crippen molar-refractivity contribution in [3.63, 3.8) is 0 Å². The van der Waals surface area contributed by atoms with E-state index in [2.05, 4.69) is 21.2 Å². The van der Waals surface area contributed by atoms with Crippen LogP contribution < -0.4 is 5.32 Å². The van der Waals surface area contributed by atoms with Crippen molar-refractivity contribution >= 4 is 44.9 Å². The van der Waals surface area contributed by atoms with Crippen molar-refractivity contribution in [3.8, 4) is 0 Å². The summed E-state index contributed by atoms with van der Waals surface area (Å²) in [5.41, 5.74) is 2.53. The number of hydrogen-bond donors (Lipinski definition) is 2. The molecule has 0 heterocycles. The highest BCUT2D eigenvalue weighted by atomic mass is 79.9. The maximum atomic E-state index is 11.2. The number of nitrogens with one attached hydrogen (secondary N) is 1. The minimum Gasteiger partial charge on any atom is -0.478 e. The largest absolute Gasteiger partial charge is 0.478 e. The molecule has 5 heteroatoms. The number of benzene rings is 2. The van der Waals surface area contributed by atoms with E-state index in [1.165, 1.54) is 0 Å². The van der Waals surface area contributed by atoms with Crippen molar-refractivity contribution in [3.05, 3.63) is 57.0 Å². The molecule has 0 bridgehead atoms. The average Bonchev–Trinajstić information content (AvgIpc) is 2.32. The Morgan fingerprint density at radius 2 is 1.95 bits per heavy atom. The summed E-state index contributed by atoms with van der Waals surface area (Å²) in [4.78, 5) is 11.2. The van der Waals surface area contributed by atoms with Crippen LogP contribution in [0.1, 0.15) is 15.9 Å². The van der Waals surface area contributed by atoms with Crippen LogP contribution in [0.5, 0.6) is 0 Å². The minimum absolute atomic E-state index is 0.229. The summed E-state index contributed by atoms with van der Waals surface area (Å²) in [5.74, 6) is -0.965. The molecule has 0 fully saturated rings. The standard InChI is InChI=1S/C14H11BrClNO2/c1-8-2-4-10(14(18)19)13(6-8)17-12-5-3-9(16)7-11(12)15/h2-7,17H,1H3,(H,18,19). The van der Waals surface area contributed by atoms with Gasteiger partial charge in [-0.2, -0.15) is 0 Å². The van der Waals surface area contributed by atoms with E-state index in [1.807, 2.05) is 6.92 Å². The molecule has 0 aliphatic rings. The summed E-state index contributed by atoms with van der Waals surface area (Å²) >= 11 is 9.27. The molecule has 0 unspecified atom stereocenters. The maximum absolute atomic E-state index is 11.2. The molecule has 0 aliphatic carbocycles. The Balaban J connectivity index is 2.42. The fourth-order valence-electron chi connectivity index (χ4n) is 1.68. The van der Waals surface area contributed by atoms with Crippen LogP contribution in [0.4, 0.5) is 11.4 Å². The monoisotopic (exact) mass is 339 g/mol. The first-order valence-electron chi connectivity index (χ1n) is 5.53. The van der Waals surface area contributed by atoms with Crippen LogP contribution in [-0.2, 0) is 0 Å². The molecule has 0 spiro atoms. The molecular weight excluding hydrogens is 330 g/mol. The number of halogens is 2. The highest BCUT2D eigenvalue weighted by Gasteiger charge is 2.11. The molecule has 98 valence electrons. The molecule has 2 rings (SSSR count). The second-order valence-corrected chi connectivity index (χ2v) is 5.39. The summed E-state index contributed by atoms with van der Waals surface area (Å²) in [6, 6.07) is 10.4. The van der Waals surface area contributed by atoms with Gasteiger partial charge >= 0.3 is 5.97 Å². The zero-order chi connectivity index (χ0) is 14.0. The van der Waals surface area contributed by atoms with Crippen LogP contribution in [0.15, 0.2) is 40.9 Å². The van der Waals surface area contributed by atoms with E-state index >= 15 is 0 Å². The van der Waals surface area contributed by atoms with Crippen LogP contribution in [0.3, 0.4) is 0 Å². The first-order valence-corrected chi connectivity index (χ1v) is 6.70. The third kappa shape index (κ3) is 3.28.